The van der Waals surface area contributed by atoms with Crippen LogP contribution in [0.25, 0.3) is 54.2 Å². The first-order chi connectivity index (χ1) is 36.1. The third-order valence-electron chi connectivity index (χ3n) is 16.0. The van der Waals surface area contributed by atoms with Crippen LogP contribution in [0.5, 0.6) is 0 Å². The number of carbonyl (C=O) groups is 2. The van der Waals surface area contributed by atoms with Crippen LogP contribution in [0.2, 0.25) is 0 Å². The summed E-state index contributed by atoms with van der Waals surface area (Å²) in [5, 5.41) is 9.83. The molecule has 0 aliphatic heterocycles. The molecular formula is C69H86N2O2+2. The number of Topliss-reactive ketones (excluding diaryl/α,β-unsaturated/α-hetero) is 2. The lowest BCUT2D eigenvalue weighted by molar-refractivity contribution is -0.697. The van der Waals surface area contributed by atoms with Crippen molar-refractivity contribution in [2.45, 2.75) is 206 Å². The van der Waals surface area contributed by atoms with Crippen LogP contribution in [0.15, 0.2) is 139 Å². The molecule has 2 aromatic heterocycles. The number of allylic oxidation sites excluding steroid dienone is 3. The first kappa shape index (κ1) is 53.6. The van der Waals surface area contributed by atoms with Gasteiger partial charge in [0.25, 0.3) is 0 Å². The van der Waals surface area contributed by atoms with Crippen molar-refractivity contribution in [2.75, 3.05) is 0 Å². The zero-order chi connectivity index (χ0) is 50.3. The maximum absolute atomic E-state index is 13.7. The van der Waals surface area contributed by atoms with Gasteiger partial charge in [-0.3, -0.25) is 9.59 Å². The quantitative estimate of drug-likeness (QED) is 0.00981. The molecule has 0 N–H and O–H groups in total. The SMILES string of the molecule is CCCCCCCCCCCCCCCCCCCCCC[n+]1ccc(-c2cc[n+](CCCCCCc3ccc4c5ccc(C(=O)CCCCC(=O)C6=C=CC=C6)c6cccc(c7cccc3c74)c65)cc2)cc1. The van der Waals surface area contributed by atoms with E-state index in [4.69, 9.17) is 0 Å². The molecule has 0 saturated heterocycles. The zero-order valence-corrected chi connectivity index (χ0v) is 44.8. The van der Waals surface area contributed by atoms with E-state index in [2.05, 4.69) is 125 Å². The van der Waals surface area contributed by atoms with Gasteiger partial charge in [-0.05, 0) is 110 Å². The Morgan fingerprint density at radius 3 is 1.34 bits per heavy atom. The molecule has 0 unspecified atom stereocenters. The van der Waals surface area contributed by atoms with E-state index in [9.17, 15) is 9.59 Å². The highest BCUT2D eigenvalue weighted by atomic mass is 16.1. The molecule has 0 spiro atoms. The van der Waals surface area contributed by atoms with Crippen molar-refractivity contribution in [3.63, 3.8) is 0 Å². The largest absolute Gasteiger partial charge is 0.294 e. The molecule has 0 fully saturated rings. The molecule has 73 heavy (non-hydrogen) atoms. The van der Waals surface area contributed by atoms with Gasteiger partial charge >= 0.3 is 0 Å². The second kappa shape index (κ2) is 29.3. The minimum absolute atomic E-state index is 0.101. The van der Waals surface area contributed by atoms with Gasteiger partial charge in [0, 0.05) is 55.5 Å². The number of nitrogens with zero attached hydrogens (tertiary/aromatic N) is 2. The lowest BCUT2D eigenvalue weighted by Gasteiger charge is -2.17. The number of fused-ring (bicyclic) bond motifs is 2. The molecule has 382 valence electrons. The number of unbranched alkanes of at least 4 members (excludes halogenated alkanes) is 23. The summed E-state index contributed by atoms with van der Waals surface area (Å²) in [6.45, 7) is 4.46. The van der Waals surface area contributed by atoms with Crippen LogP contribution < -0.4 is 9.13 Å². The predicted molar refractivity (Wildman–Crippen MR) is 309 cm³/mol. The summed E-state index contributed by atoms with van der Waals surface area (Å²) in [4.78, 5) is 26.1. The monoisotopic (exact) mass is 975 g/mol. The second-order valence-electron chi connectivity index (χ2n) is 21.6. The standard InChI is InChI=1S/C69H86N2O2/c1-2-3-4-5-6-7-8-9-10-11-12-13-14-15-16-17-18-19-21-28-49-70-51-45-55(46-52-70)56-47-53-71(54-48-56)50-29-22-20-23-32-57-41-42-64-65-44-43-60(67(73)40-27-26-39-66(72)58-33-24-25-34-58)61-36-31-38-63(69(61)65)62-37-30-35-59(57)68(62)64/h24-25,30-31,33,35-38,41-48,51-54H,2-23,26-29,32,39-40,49-50H2,1H3/q+2. The van der Waals surface area contributed by atoms with Gasteiger partial charge in [0.2, 0.25) is 0 Å². The van der Waals surface area contributed by atoms with Gasteiger partial charge in [0.05, 0.1) is 5.57 Å². The molecule has 4 nitrogen and oxygen atoms in total. The number of carbonyl (C=O) groups excluding carboxylic acids is 2. The van der Waals surface area contributed by atoms with Crippen molar-refractivity contribution in [3.05, 3.63) is 150 Å². The van der Waals surface area contributed by atoms with Gasteiger partial charge in [-0.15, -0.1) is 5.73 Å². The van der Waals surface area contributed by atoms with Crippen LogP contribution >= 0.6 is 0 Å². The molecule has 7 aromatic rings. The third kappa shape index (κ3) is 15.4. The van der Waals surface area contributed by atoms with E-state index in [0.29, 0.717) is 31.3 Å². The number of pyridine rings is 2. The van der Waals surface area contributed by atoms with Gasteiger partial charge in [0.15, 0.2) is 36.4 Å². The molecule has 8 rings (SSSR count). The minimum atomic E-state index is 0.101. The molecular weight excluding hydrogens is 889 g/mol. The Labute approximate surface area is 439 Å². The fraction of sp³-hybridized carbons (Fsp3) is 0.464. The molecule has 1 aliphatic carbocycles. The molecule has 0 bridgehead atoms. The van der Waals surface area contributed by atoms with Crippen molar-refractivity contribution in [1.29, 1.82) is 0 Å². The Morgan fingerprint density at radius 1 is 0.411 bits per heavy atom. The molecule has 4 heteroatoms. The predicted octanol–water partition coefficient (Wildman–Crippen LogP) is 18.6. The molecule has 2 heterocycles. The van der Waals surface area contributed by atoms with Gasteiger partial charge in [-0.1, -0.05) is 196 Å². The normalized spacial score (nSPS) is 12.4. The van der Waals surface area contributed by atoms with Crippen LogP contribution in [0.3, 0.4) is 0 Å². The highest BCUT2D eigenvalue weighted by Crippen LogP contribution is 2.42. The van der Waals surface area contributed by atoms with Crippen molar-refractivity contribution < 1.29 is 18.7 Å². The molecule has 0 saturated carbocycles. The highest BCUT2D eigenvalue weighted by molar-refractivity contribution is 6.34. The van der Waals surface area contributed by atoms with Gasteiger partial charge in [0.1, 0.15) is 13.1 Å². The molecule has 5 aromatic carbocycles. The summed E-state index contributed by atoms with van der Waals surface area (Å²) in [5.74, 6) is 0.247. The van der Waals surface area contributed by atoms with E-state index in [1.54, 1.807) is 6.08 Å². The maximum Gasteiger partial charge on any atom is 0.170 e. The van der Waals surface area contributed by atoms with Crippen LogP contribution in [-0.2, 0) is 24.3 Å². The summed E-state index contributed by atoms with van der Waals surface area (Å²) in [6, 6.07) is 31.2. The molecule has 0 atom stereocenters. The Morgan fingerprint density at radius 2 is 0.836 bits per heavy atom. The number of aryl methyl sites for hydroxylation is 3. The van der Waals surface area contributed by atoms with Crippen molar-refractivity contribution >= 4 is 54.7 Å². The average molecular weight is 975 g/mol. The van der Waals surface area contributed by atoms with E-state index in [1.165, 1.54) is 208 Å². The Kier molecular flexibility index (Phi) is 21.5. The number of benzene rings is 5. The zero-order valence-electron chi connectivity index (χ0n) is 44.8. The van der Waals surface area contributed by atoms with Gasteiger partial charge < -0.3 is 0 Å². The van der Waals surface area contributed by atoms with E-state index < -0.39 is 0 Å². The number of hydrogen-bond acceptors (Lipinski definition) is 2. The smallest absolute Gasteiger partial charge is 0.170 e. The first-order valence-corrected chi connectivity index (χ1v) is 29.4. The number of ketones is 2. The second-order valence-corrected chi connectivity index (χ2v) is 21.6. The summed E-state index contributed by atoms with van der Waals surface area (Å²) in [5.41, 5.74) is 8.41. The molecule has 0 amide bonds. The van der Waals surface area contributed by atoms with Crippen LogP contribution in [-0.4, -0.2) is 11.6 Å². The maximum atomic E-state index is 13.7. The summed E-state index contributed by atoms with van der Waals surface area (Å²) < 4.78 is 4.70. The Bertz CT molecular complexity index is 2890. The van der Waals surface area contributed by atoms with E-state index in [-0.39, 0.29) is 11.6 Å². The lowest BCUT2D eigenvalue weighted by atomic mass is 9.85. The minimum Gasteiger partial charge on any atom is -0.294 e. The van der Waals surface area contributed by atoms with E-state index in [0.717, 1.165) is 30.5 Å². The fourth-order valence-electron chi connectivity index (χ4n) is 11.7. The molecule has 1 aliphatic rings. The highest BCUT2D eigenvalue weighted by Gasteiger charge is 2.19. The van der Waals surface area contributed by atoms with Crippen LogP contribution in [0, 0.1) is 0 Å². The van der Waals surface area contributed by atoms with Crippen molar-refractivity contribution in [2.24, 2.45) is 0 Å². The average Bonchev–Trinajstić information content (AvgIpc) is 3.98. The van der Waals surface area contributed by atoms with Gasteiger partial charge in [-0.2, -0.15) is 0 Å². The molecule has 0 radical (unpaired) electrons. The van der Waals surface area contributed by atoms with Crippen LogP contribution in [0.1, 0.15) is 203 Å². The Hall–Kier alpha value is -5.70. The van der Waals surface area contributed by atoms with Crippen molar-refractivity contribution in [1.82, 2.24) is 0 Å². The number of aromatic nitrogens is 2. The van der Waals surface area contributed by atoms with Crippen molar-refractivity contribution in [3.8, 4) is 11.1 Å². The van der Waals surface area contributed by atoms with E-state index in [1.807, 2.05) is 18.2 Å². The first-order valence-electron chi connectivity index (χ1n) is 29.4. The summed E-state index contributed by atoms with van der Waals surface area (Å²) >= 11 is 0. The lowest BCUT2D eigenvalue weighted by Crippen LogP contribution is -2.33. The van der Waals surface area contributed by atoms with Crippen LogP contribution in [0.4, 0.5) is 0 Å². The summed E-state index contributed by atoms with van der Waals surface area (Å²) in [6.07, 6.45) is 51.1. The fourth-order valence-corrected chi connectivity index (χ4v) is 11.7. The summed E-state index contributed by atoms with van der Waals surface area (Å²) in [7, 11) is 0. The number of rotatable bonds is 36. The topological polar surface area (TPSA) is 41.9 Å². The van der Waals surface area contributed by atoms with Gasteiger partial charge in [-0.25, -0.2) is 9.13 Å². The van der Waals surface area contributed by atoms with E-state index >= 15 is 0 Å². The number of hydrogen-bond donors (Lipinski definition) is 0. The Balaban J connectivity index is 0.701. The third-order valence-corrected chi connectivity index (χ3v) is 16.0.